The van der Waals surface area contributed by atoms with Crippen molar-refractivity contribution in [3.63, 3.8) is 0 Å². The summed E-state index contributed by atoms with van der Waals surface area (Å²) in [5, 5.41) is 3.67. The third-order valence-corrected chi connectivity index (χ3v) is 4.14. The molecule has 94 valence electrons. The van der Waals surface area contributed by atoms with Crippen LogP contribution >= 0.6 is 0 Å². The fraction of sp³-hybridized carbons (Fsp3) is 0.625. The average molecular weight is 231 g/mol. The minimum atomic E-state index is 0.386. The van der Waals surface area contributed by atoms with Crippen molar-refractivity contribution < 1.29 is 0 Å². The molecule has 1 aromatic carbocycles. The summed E-state index contributed by atoms with van der Waals surface area (Å²) in [4.78, 5) is 0. The largest absolute Gasteiger partial charge is 0.314 e. The van der Waals surface area contributed by atoms with Crippen LogP contribution in [0.15, 0.2) is 24.3 Å². The van der Waals surface area contributed by atoms with E-state index in [9.17, 15) is 0 Å². The van der Waals surface area contributed by atoms with Crippen molar-refractivity contribution in [3.05, 3.63) is 35.4 Å². The molecule has 1 heteroatoms. The van der Waals surface area contributed by atoms with Crippen molar-refractivity contribution in [2.24, 2.45) is 0 Å². The summed E-state index contributed by atoms with van der Waals surface area (Å²) < 4.78 is 0. The molecule has 0 spiro atoms. The zero-order valence-electron chi connectivity index (χ0n) is 11.4. The lowest BCUT2D eigenvalue weighted by molar-refractivity contribution is 0.452. The van der Waals surface area contributed by atoms with E-state index in [1.807, 2.05) is 0 Å². The van der Waals surface area contributed by atoms with Gasteiger partial charge in [0.25, 0.3) is 0 Å². The third-order valence-electron chi connectivity index (χ3n) is 4.14. The molecule has 0 amide bonds. The maximum Gasteiger partial charge on any atom is 0.00757 e. The van der Waals surface area contributed by atoms with Crippen LogP contribution in [0.5, 0.6) is 0 Å². The van der Waals surface area contributed by atoms with Crippen molar-refractivity contribution in [2.45, 2.75) is 57.9 Å². The van der Waals surface area contributed by atoms with Crippen molar-refractivity contribution in [1.82, 2.24) is 5.32 Å². The SMILES string of the molecule is CCCNC1CCC(C)(c2cccc(C)c2)C1. The highest BCUT2D eigenvalue weighted by Crippen LogP contribution is 2.40. The molecular weight excluding hydrogens is 206 g/mol. The fourth-order valence-electron chi connectivity index (χ4n) is 3.05. The summed E-state index contributed by atoms with van der Waals surface area (Å²) in [5.74, 6) is 0. The van der Waals surface area contributed by atoms with Gasteiger partial charge in [-0.3, -0.25) is 0 Å². The minimum Gasteiger partial charge on any atom is -0.314 e. The molecule has 1 aliphatic carbocycles. The number of aryl methyl sites for hydroxylation is 1. The quantitative estimate of drug-likeness (QED) is 0.831. The van der Waals surface area contributed by atoms with E-state index in [0.29, 0.717) is 5.41 Å². The number of hydrogen-bond donors (Lipinski definition) is 1. The molecule has 2 rings (SSSR count). The van der Waals surface area contributed by atoms with Crippen LogP contribution in [0.4, 0.5) is 0 Å². The Balaban J connectivity index is 2.06. The van der Waals surface area contributed by atoms with E-state index in [4.69, 9.17) is 0 Å². The van der Waals surface area contributed by atoms with Crippen LogP contribution < -0.4 is 5.32 Å². The summed E-state index contributed by atoms with van der Waals surface area (Å²) in [6.45, 7) is 8.01. The zero-order valence-corrected chi connectivity index (χ0v) is 11.4. The Kier molecular flexibility index (Phi) is 3.88. The summed E-state index contributed by atoms with van der Waals surface area (Å²) in [7, 11) is 0. The molecule has 0 saturated heterocycles. The van der Waals surface area contributed by atoms with E-state index in [2.05, 4.69) is 50.4 Å². The van der Waals surface area contributed by atoms with E-state index in [-0.39, 0.29) is 0 Å². The topological polar surface area (TPSA) is 12.0 Å². The fourth-order valence-corrected chi connectivity index (χ4v) is 3.05. The van der Waals surface area contributed by atoms with Crippen LogP contribution in [0.1, 0.15) is 50.7 Å². The molecule has 1 aliphatic rings. The van der Waals surface area contributed by atoms with Gasteiger partial charge in [0.1, 0.15) is 0 Å². The van der Waals surface area contributed by atoms with Gasteiger partial charge in [-0.25, -0.2) is 0 Å². The predicted octanol–water partition coefficient (Wildman–Crippen LogP) is 3.80. The number of rotatable bonds is 4. The van der Waals surface area contributed by atoms with Crippen LogP contribution in [0.25, 0.3) is 0 Å². The molecule has 1 nitrogen and oxygen atoms in total. The molecule has 0 aromatic heterocycles. The van der Waals surface area contributed by atoms with E-state index >= 15 is 0 Å². The predicted molar refractivity (Wildman–Crippen MR) is 74.5 cm³/mol. The Morgan fingerprint density at radius 3 is 2.94 bits per heavy atom. The first-order chi connectivity index (χ1) is 8.14. The number of benzene rings is 1. The average Bonchev–Trinajstić information content (AvgIpc) is 2.70. The Hall–Kier alpha value is -0.820. The summed E-state index contributed by atoms with van der Waals surface area (Å²) in [6.07, 6.45) is 5.16. The second-order valence-electron chi connectivity index (χ2n) is 5.82. The molecule has 0 radical (unpaired) electrons. The Bertz CT molecular complexity index is 372. The van der Waals surface area contributed by atoms with Crippen molar-refractivity contribution in [3.8, 4) is 0 Å². The monoisotopic (exact) mass is 231 g/mol. The summed E-state index contributed by atoms with van der Waals surface area (Å²) >= 11 is 0. The van der Waals surface area contributed by atoms with Gasteiger partial charge >= 0.3 is 0 Å². The second kappa shape index (κ2) is 5.22. The molecule has 0 heterocycles. The first kappa shape index (κ1) is 12.6. The smallest absolute Gasteiger partial charge is 0.00757 e. The van der Waals surface area contributed by atoms with E-state index < -0.39 is 0 Å². The summed E-state index contributed by atoms with van der Waals surface area (Å²) in [5.41, 5.74) is 3.30. The highest BCUT2D eigenvalue weighted by Gasteiger charge is 2.35. The lowest BCUT2D eigenvalue weighted by Gasteiger charge is -2.25. The second-order valence-corrected chi connectivity index (χ2v) is 5.82. The van der Waals surface area contributed by atoms with E-state index in [1.54, 1.807) is 0 Å². The standard InChI is InChI=1S/C16H25N/c1-4-10-17-15-8-9-16(3,12-15)14-7-5-6-13(2)11-14/h5-7,11,15,17H,4,8-10,12H2,1-3H3. The highest BCUT2D eigenvalue weighted by molar-refractivity contribution is 5.30. The van der Waals surface area contributed by atoms with Gasteiger partial charge in [0.15, 0.2) is 0 Å². The van der Waals surface area contributed by atoms with Gasteiger partial charge < -0.3 is 5.32 Å². The molecular formula is C16H25N. The van der Waals surface area contributed by atoms with Gasteiger partial charge in [0, 0.05) is 6.04 Å². The molecule has 1 N–H and O–H groups in total. The van der Waals surface area contributed by atoms with Crippen LogP contribution in [-0.2, 0) is 5.41 Å². The molecule has 0 bridgehead atoms. The molecule has 2 unspecified atom stereocenters. The first-order valence-corrected chi connectivity index (χ1v) is 6.94. The van der Waals surface area contributed by atoms with Crippen molar-refractivity contribution >= 4 is 0 Å². The van der Waals surface area contributed by atoms with Crippen LogP contribution in [0, 0.1) is 6.92 Å². The third kappa shape index (κ3) is 2.90. The Morgan fingerprint density at radius 2 is 2.24 bits per heavy atom. The zero-order chi connectivity index (χ0) is 12.3. The molecule has 1 saturated carbocycles. The highest BCUT2D eigenvalue weighted by atomic mass is 14.9. The van der Waals surface area contributed by atoms with Crippen molar-refractivity contribution in [1.29, 1.82) is 0 Å². The molecule has 1 aromatic rings. The van der Waals surface area contributed by atoms with Gasteiger partial charge in [0.2, 0.25) is 0 Å². The maximum absolute atomic E-state index is 3.67. The number of nitrogens with one attached hydrogen (secondary N) is 1. The normalized spacial score (nSPS) is 28.5. The Morgan fingerprint density at radius 1 is 1.41 bits per heavy atom. The van der Waals surface area contributed by atoms with Crippen LogP contribution in [-0.4, -0.2) is 12.6 Å². The minimum absolute atomic E-state index is 0.386. The van der Waals surface area contributed by atoms with Crippen LogP contribution in [0.2, 0.25) is 0 Å². The molecule has 2 atom stereocenters. The summed E-state index contributed by atoms with van der Waals surface area (Å²) in [6, 6.07) is 9.77. The molecule has 1 fully saturated rings. The lowest BCUT2D eigenvalue weighted by Crippen LogP contribution is -2.29. The molecule has 0 aliphatic heterocycles. The van der Waals surface area contributed by atoms with Gasteiger partial charge in [-0.05, 0) is 50.1 Å². The molecule has 17 heavy (non-hydrogen) atoms. The van der Waals surface area contributed by atoms with Gasteiger partial charge in [-0.2, -0.15) is 0 Å². The lowest BCUT2D eigenvalue weighted by atomic mass is 9.80. The van der Waals surface area contributed by atoms with E-state index in [1.165, 1.54) is 36.8 Å². The first-order valence-electron chi connectivity index (χ1n) is 6.94. The van der Waals surface area contributed by atoms with Crippen LogP contribution in [0.3, 0.4) is 0 Å². The Labute approximate surface area is 106 Å². The van der Waals surface area contributed by atoms with Gasteiger partial charge in [0.05, 0.1) is 0 Å². The van der Waals surface area contributed by atoms with Crippen molar-refractivity contribution in [2.75, 3.05) is 6.54 Å². The van der Waals surface area contributed by atoms with E-state index in [0.717, 1.165) is 12.6 Å². The number of hydrogen-bond acceptors (Lipinski definition) is 1. The maximum atomic E-state index is 3.67. The van der Waals surface area contributed by atoms with Gasteiger partial charge in [-0.1, -0.05) is 43.7 Å². The van der Waals surface area contributed by atoms with Gasteiger partial charge in [-0.15, -0.1) is 0 Å².